The molecule has 1 saturated heterocycles. The summed E-state index contributed by atoms with van der Waals surface area (Å²) in [4.78, 5) is 20.0. The number of anilines is 3. The van der Waals surface area contributed by atoms with Gasteiger partial charge in [0.1, 0.15) is 5.75 Å². The molecule has 0 unspecified atom stereocenters. The molecule has 2 heterocycles. The Morgan fingerprint density at radius 3 is 2.26 bits per heavy atom. The molecule has 4 aromatic rings. The van der Waals surface area contributed by atoms with Gasteiger partial charge in [0, 0.05) is 37.2 Å². The van der Waals surface area contributed by atoms with Gasteiger partial charge in [0.15, 0.2) is 10.2 Å². The number of sulfonamides is 1. The minimum atomic E-state index is -3.99. The van der Waals surface area contributed by atoms with Crippen molar-refractivity contribution in [1.82, 2.24) is 4.98 Å². The highest BCUT2D eigenvalue weighted by Gasteiger charge is 2.25. The molecule has 38 heavy (non-hydrogen) atoms. The van der Waals surface area contributed by atoms with Crippen molar-refractivity contribution in [1.29, 1.82) is 0 Å². The van der Waals surface area contributed by atoms with Crippen LogP contribution in [0, 0.1) is 0 Å². The van der Waals surface area contributed by atoms with E-state index >= 15 is 0 Å². The van der Waals surface area contributed by atoms with Crippen LogP contribution in [0.3, 0.4) is 0 Å². The quantitative estimate of drug-likeness (QED) is 0.326. The first-order valence-corrected chi connectivity index (χ1v) is 14.3. The predicted molar refractivity (Wildman–Crippen MR) is 149 cm³/mol. The van der Waals surface area contributed by atoms with E-state index in [1.807, 2.05) is 18.2 Å². The summed E-state index contributed by atoms with van der Waals surface area (Å²) in [6, 6.07) is 22.7. The maximum atomic E-state index is 13.0. The second kappa shape index (κ2) is 10.7. The van der Waals surface area contributed by atoms with E-state index in [4.69, 9.17) is 9.84 Å². The van der Waals surface area contributed by atoms with Crippen molar-refractivity contribution >= 4 is 43.8 Å². The zero-order chi connectivity index (χ0) is 26.7. The van der Waals surface area contributed by atoms with Gasteiger partial charge in [0.2, 0.25) is 0 Å². The first-order valence-electron chi connectivity index (χ1n) is 11.9. The Morgan fingerprint density at radius 2 is 1.61 bits per heavy atom. The molecule has 9 nitrogen and oxygen atoms in total. The molecular weight excluding hydrogens is 524 g/mol. The summed E-state index contributed by atoms with van der Waals surface area (Å²) >= 11 is 1.27. The Labute approximate surface area is 225 Å². The topological polar surface area (TPSA) is 112 Å². The number of rotatable bonds is 8. The van der Waals surface area contributed by atoms with Crippen molar-refractivity contribution in [2.24, 2.45) is 0 Å². The fraction of sp³-hybridized carbons (Fsp3) is 0.185. The molecule has 1 fully saturated rings. The van der Waals surface area contributed by atoms with Crippen molar-refractivity contribution < 1.29 is 23.1 Å². The van der Waals surface area contributed by atoms with Gasteiger partial charge in [-0.05, 0) is 41.5 Å². The zero-order valence-electron chi connectivity index (χ0n) is 20.6. The minimum Gasteiger partial charge on any atom is -0.495 e. The van der Waals surface area contributed by atoms with Crippen LogP contribution in [0.15, 0.2) is 83.2 Å². The smallest absolute Gasteiger partial charge is 0.335 e. The third-order valence-corrected chi connectivity index (χ3v) is 8.63. The molecule has 0 radical (unpaired) electrons. The Hall–Kier alpha value is -4.09. The summed E-state index contributed by atoms with van der Waals surface area (Å²) in [5, 5.41) is 11.2. The van der Waals surface area contributed by atoms with E-state index in [1.54, 1.807) is 0 Å². The highest BCUT2D eigenvalue weighted by Crippen LogP contribution is 2.31. The first kappa shape index (κ1) is 25.6. The van der Waals surface area contributed by atoms with Crippen LogP contribution < -0.4 is 19.3 Å². The van der Waals surface area contributed by atoms with Crippen molar-refractivity contribution in [3.63, 3.8) is 0 Å². The summed E-state index contributed by atoms with van der Waals surface area (Å²) < 4.78 is 33.6. The SMILES string of the molecule is COc1cc(C(=O)O)ccc1NS(=O)(=O)c1csc(N2CCN(c3ccc(-c4ccccc4)cc3)CC2)n1. The number of nitrogens with zero attached hydrogens (tertiary/aromatic N) is 3. The molecule has 196 valence electrons. The van der Waals surface area contributed by atoms with E-state index in [-0.39, 0.29) is 22.0 Å². The summed E-state index contributed by atoms with van der Waals surface area (Å²) in [5.41, 5.74) is 3.64. The normalized spacial score (nSPS) is 13.8. The highest BCUT2D eigenvalue weighted by molar-refractivity contribution is 7.92. The number of carboxylic acid groups (broad SMARTS) is 1. The van der Waals surface area contributed by atoms with E-state index in [0.717, 1.165) is 18.8 Å². The van der Waals surface area contributed by atoms with Crippen LogP contribution in [0.2, 0.25) is 0 Å². The van der Waals surface area contributed by atoms with Gasteiger partial charge < -0.3 is 19.6 Å². The average molecular weight is 551 g/mol. The molecule has 1 aliphatic rings. The summed E-state index contributed by atoms with van der Waals surface area (Å²) in [6.45, 7) is 3.01. The molecule has 2 N–H and O–H groups in total. The van der Waals surface area contributed by atoms with E-state index in [0.29, 0.717) is 18.2 Å². The molecule has 1 aliphatic heterocycles. The van der Waals surface area contributed by atoms with Gasteiger partial charge in [0.25, 0.3) is 10.0 Å². The van der Waals surface area contributed by atoms with Crippen molar-refractivity contribution in [2.75, 3.05) is 47.8 Å². The van der Waals surface area contributed by atoms with Gasteiger partial charge in [-0.15, -0.1) is 11.3 Å². The first-order chi connectivity index (χ1) is 18.3. The van der Waals surface area contributed by atoms with Crippen LogP contribution in [-0.4, -0.2) is 57.8 Å². The summed E-state index contributed by atoms with van der Waals surface area (Å²) in [6.07, 6.45) is 0. The Balaban J connectivity index is 1.23. The molecule has 0 amide bonds. The van der Waals surface area contributed by atoms with Crippen LogP contribution in [0.5, 0.6) is 5.75 Å². The Morgan fingerprint density at radius 1 is 0.947 bits per heavy atom. The van der Waals surface area contributed by atoms with Crippen molar-refractivity contribution in [3.8, 4) is 16.9 Å². The largest absolute Gasteiger partial charge is 0.495 e. The number of benzene rings is 3. The molecule has 3 aromatic carbocycles. The van der Waals surface area contributed by atoms with Crippen molar-refractivity contribution in [3.05, 3.63) is 83.7 Å². The van der Waals surface area contributed by atoms with Gasteiger partial charge in [-0.2, -0.15) is 8.42 Å². The summed E-state index contributed by atoms with van der Waals surface area (Å²) in [5.74, 6) is -1.03. The lowest BCUT2D eigenvalue weighted by Crippen LogP contribution is -2.46. The fourth-order valence-electron chi connectivity index (χ4n) is 4.28. The van der Waals surface area contributed by atoms with Gasteiger partial charge in [-0.3, -0.25) is 4.72 Å². The maximum absolute atomic E-state index is 13.0. The van der Waals surface area contributed by atoms with Gasteiger partial charge in [-0.1, -0.05) is 42.5 Å². The van der Waals surface area contributed by atoms with E-state index in [1.165, 1.54) is 53.2 Å². The number of carbonyl (C=O) groups is 1. The Kier molecular flexibility index (Phi) is 7.21. The van der Waals surface area contributed by atoms with Crippen LogP contribution in [0.1, 0.15) is 10.4 Å². The number of methoxy groups -OCH3 is 1. The fourth-order valence-corrected chi connectivity index (χ4v) is 6.50. The van der Waals surface area contributed by atoms with Crippen LogP contribution in [0.25, 0.3) is 11.1 Å². The van der Waals surface area contributed by atoms with Crippen molar-refractivity contribution in [2.45, 2.75) is 5.03 Å². The average Bonchev–Trinajstić information content (AvgIpc) is 3.45. The number of aromatic carboxylic acids is 1. The molecule has 0 spiro atoms. The zero-order valence-corrected chi connectivity index (χ0v) is 22.2. The van der Waals surface area contributed by atoms with Gasteiger partial charge in [0.05, 0.1) is 18.4 Å². The van der Waals surface area contributed by atoms with Gasteiger partial charge >= 0.3 is 5.97 Å². The lowest BCUT2D eigenvalue weighted by molar-refractivity contribution is 0.0696. The molecule has 0 bridgehead atoms. The van der Waals surface area contributed by atoms with Crippen LogP contribution in [-0.2, 0) is 10.0 Å². The van der Waals surface area contributed by atoms with E-state index < -0.39 is 16.0 Å². The number of hydrogen-bond acceptors (Lipinski definition) is 8. The standard InChI is InChI=1S/C27H26N4O5S2/c1-36-24-17-21(26(32)33)9-12-23(24)29-38(34,35)25-18-37-27(28-25)31-15-13-30(14-16-31)22-10-7-20(8-11-22)19-5-3-2-4-6-19/h2-12,17-18,29H,13-16H2,1H3,(H,32,33). The molecule has 0 saturated carbocycles. The van der Waals surface area contributed by atoms with Crippen LogP contribution in [0.4, 0.5) is 16.5 Å². The van der Waals surface area contributed by atoms with Gasteiger partial charge in [-0.25, -0.2) is 9.78 Å². The number of nitrogens with one attached hydrogen (secondary N) is 1. The highest BCUT2D eigenvalue weighted by atomic mass is 32.2. The molecule has 0 aliphatic carbocycles. The number of aromatic nitrogens is 1. The monoisotopic (exact) mass is 550 g/mol. The molecular formula is C27H26N4O5S2. The number of thiazole rings is 1. The predicted octanol–water partition coefficient (Wildman–Crippen LogP) is 4.64. The second-order valence-electron chi connectivity index (χ2n) is 8.68. The number of hydrogen-bond donors (Lipinski definition) is 2. The number of carboxylic acids is 1. The van der Waals surface area contributed by atoms with Crippen LogP contribution >= 0.6 is 11.3 Å². The Bertz CT molecular complexity index is 1530. The third-order valence-electron chi connectivity index (χ3n) is 6.33. The van der Waals surface area contributed by atoms with E-state index in [2.05, 4.69) is 55.9 Å². The second-order valence-corrected chi connectivity index (χ2v) is 11.1. The molecule has 0 atom stereocenters. The molecule has 1 aromatic heterocycles. The third kappa shape index (κ3) is 5.43. The molecule has 11 heteroatoms. The minimum absolute atomic E-state index is 0.00739. The maximum Gasteiger partial charge on any atom is 0.335 e. The molecule has 5 rings (SSSR count). The number of piperazine rings is 1. The lowest BCUT2D eigenvalue weighted by Gasteiger charge is -2.36. The number of ether oxygens (including phenoxy) is 1. The van der Waals surface area contributed by atoms with E-state index in [9.17, 15) is 13.2 Å². The lowest BCUT2D eigenvalue weighted by atomic mass is 10.1. The summed E-state index contributed by atoms with van der Waals surface area (Å²) in [7, 11) is -2.65.